The van der Waals surface area contributed by atoms with Crippen LogP contribution >= 0.6 is 0 Å². The van der Waals surface area contributed by atoms with Crippen molar-refractivity contribution in [3.8, 4) is 0 Å². The maximum absolute atomic E-state index is 9.95. The van der Waals surface area contributed by atoms with E-state index in [0.29, 0.717) is 0 Å². The third kappa shape index (κ3) is 5.02. The van der Waals surface area contributed by atoms with E-state index in [4.69, 9.17) is 10.2 Å². The molecule has 2 amide bonds. The number of hydrogen-bond donors (Lipinski definition) is 2. The van der Waals surface area contributed by atoms with Crippen molar-refractivity contribution in [3.05, 3.63) is 0 Å². The van der Waals surface area contributed by atoms with Gasteiger partial charge in [-0.2, -0.15) is 0 Å². The molecule has 0 spiro atoms. The monoisotopic (exact) mass is 172 g/mol. The van der Waals surface area contributed by atoms with Crippen LogP contribution in [-0.2, 0) is 4.84 Å². The Morgan fingerprint density at radius 2 is 1.73 bits per heavy atom. The first-order chi connectivity index (χ1) is 4.59. The molecule has 0 bridgehead atoms. The van der Waals surface area contributed by atoms with Crippen LogP contribution in [0.3, 0.4) is 0 Å². The number of hydroxylamine groups is 2. The van der Waals surface area contributed by atoms with Gasteiger partial charge in [-0.3, -0.25) is 4.84 Å². The summed E-state index contributed by atoms with van der Waals surface area (Å²) in [6, 6.07) is 0. The zero-order chi connectivity index (χ0) is 8.15. The standard InChI is InChI=1S/C4H7NO5.Na/c1-2-10-5(3(6)7)4(8)9;/h2H2,1H3,(H,6,7)(H,8,9);. The minimum atomic E-state index is -1.64. The number of imide groups is 1. The van der Waals surface area contributed by atoms with Gasteiger partial charge in [0.05, 0.1) is 6.61 Å². The minimum Gasteiger partial charge on any atom is -0.463 e. The van der Waals surface area contributed by atoms with Gasteiger partial charge in [0.1, 0.15) is 0 Å². The van der Waals surface area contributed by atoms with Gasteiger partial charge in [-0.25, -0.2) is 9.59 Å². The van der Waals surface area contributed by atoms with Crippen molar-refractivity contribution in [1.82, 2.24) is 5.06 Å². The number of amides is 2. The number of nitrogens with zero attached hydrogens (tertiary/aromatic N) is 1. The van der Waals surface area contributed by atoms with E-state index in [-0.39, 0.29) is 41.2 Å². The molecule has 0 saturated heterocycles. The molecular formula is C4H7NNaO5. The predicted octanol–water partition coefficient (Wildman–Crippen LogP) is 0.215. The van der Waals surface area contributed by atoms with E-state index >= 15 is 0 Å². The summed E-state index contributed by atoms with van der Waals surface area (Å²) in [6.45, 7) is 1.48. The summed E-state index contributed by atoms with van der Waals surface area (Å²) in [4.78, 5) is 24.1. The number of carboxylic acid groups (broad SMARTS) is 2. The van der Waals surface area contributed by atoms with Gasteiger partial charge >= 0.3 is 12.2 Å². The average Bonchev–Trinajstić information content (AvgIpc) is 1.81. The maximum atomic E-state index is 9.95. The molecule has 0 aromatic rings. The summed E-state index contributed by atoms with van der Waals surface area (Å²) in [7, 11) is 0. The van der Waals surface area contributed by atoms with Crippen LogP contribution in [0, 0.1) is 0 Å². The number of rotatable bonds is 2. The van der Waals surface area contributed by atoms with Crippen molar-refractivity contribution in [2.24, 2.45) is 0 Å². The van der Waals surface area contributed by atoms with Crippen LogP contribution in [0.25, 0.3) is 0 Å². The zero-order valence-corrected chi connectivity index (χ0v) is 8.27. The molecule has 0 aromatic carbocycles. The van der Waals surface area contributed by atoms with Crippen molar-refractivity contribution in [1.29, 1.82) is 0 Å². The summed E-state index contributed by atoms with van der Waals surface area (Å²) < 4.78 is 0. The van der Waals surface area contributed by atoms with Gasteiger partial charge in [-0.15, -0.1) is 0 Å². The van der Waals surface area contributed by atoms with Gasteiger partial charge in [0, 0.05) is 29.6 Å². The van der Waals surface area contributed by atoms with E-state index in [1.165, 1.54) is 6.92 Å². The van der Waals surface area contributed by atoms with Crippen molar-refractivity contribution >= 4 is 41.7 Å². The normalized spacial score (nSPS) is 8.09. The van der Waals surface area contributed by atoms with E-state index in [1.807, 2.05) is 0 Å². The molecule has 0 aliphatic heterocycles. The minimum absolute atomic E-state index is 0. The smallest absolute Gasteiger partial charge is 0.441 e. The molecule has 59 valence electrons. The molecule has 7 heteroatoms. The van der Waals surface area contributed by atoms with Crippen LogP contribution < -0.4 is 0 Å². The van der Waals surface area contributed by atoms with Gasteiger partial charge in [-0.05, 0) is 6.92 Å². The Bertz CT molecular complexity index is 135. The fourth-order valence-electron chi connectivity index (χ4n) is 0.321. The van der Waals surface area contributed by atoms with Crippen molar-refractivity contribution in [2.75, 3.05) is 6.61 Å². The van der Waals surface area contributed by atoms with E-state index in [0.717, 1.165) is 0 Å². The van der Waals surface area contributed by atoms with Crippen LogP contribution in [0.2, 0.25) is 0 Å². The molecule has 0 atom stereocenters. The second kappa shape index (κ2) is 6.41. The third-order valence-corrected chi connectivity index (χ3v) is 0.606. The Labute approximate surface area is 85.0 Å². The molecule has 0 aromatic heterocycles. The van der Waals surface area contributed by atoms with Crippen LogP contribution in [0.5, 0.6) is 0 Å². The first-order valence-corrected chi connectivity index (χ1v) is 2.48. The summed E-state index contributed by atoms with van der Waals surface area (Å²) in [6.07, 6.45) is -3.29. The van der Waals surface area contributed by atoms with Gasteiger partial charge < -0.3 is 10.2 Å². The fraction of sp³-hybridized carbons (Fsp3) is 0.500. The quantitative estimate of drug-likeness (QED) is 0.459. The third-order valence-electron chi connectivity index (χ3n) is 0.606. The van der Waals surface area contributed by atoms with Gasteiger partial charge in [-0.1, -0.05) is 5.06 Å². The summed E-state index contributed by atoms with van der Waals surface area (Å²) >= 11 is 0. The first-order valence-electron chi connectivity index (χ1n) is 2.48. The number of hydrogen-bond acceptors (Lipinski definition) is 3. The van der Waals surface area contributed by atoms with Crippen LogP contribution in [0.4, 0.5) is 9.59 Å². The van der Waals surface area contributed by atoms with Crippen molar-refractivity contribution in [3.63, 3.8) is 0 Å². The molecule has 0 aliphatic rings. The van der Waals surface area contributed by atoms with Crippen molar-refractivity contribution in [2.45, 2.75) is 6.92 Å². The van der Waals surface area contributed by atoms with Crippen molar-refractivity contribution < 1.29 is 24.6 Å². The Hall–Kier alpha value is -0.300. The zero-order valence-electron chi connectivity index (χ0n) is 6.27. The molecule has 0 saturated carbocycles. The summed E-state index contributed by atoms with van der Waals surface area (Å²) in [5, 5.41) is 16.0. The Morgan fingerprint density at radius 3 is 1.82 bits per heavy atom. The van der Waals surface area contributed by atoms with E-state index in [2.05, 4.69) is 4.84 Å². The van der Waals surface area contributed by atoms with Gasteiger partial charge in [0.25, 0.3) is 0 Å². The molecule has 1 radical (unpaired) electrons. The fourth-order valence-corrected chi connectivity index (χ4v) is 0.321. The largest absolute Gasteiger partial charge is 0.463 e. The molecule has 2 N–H and O–H groups in total. The second-order valence-electron chi connectivity index (χ2n) is 1.28. The second-order valence-corrected chi connectivity index (χ2v) is 1.28. The van der Waals surface area contributed by atoms with E-state index in [9.17, 15) is 9.59 Å². The molecule has 0 fully saturated rings. The first kappa shape index (κ1) is 13.3. The molecule has 11 heavy (non-hydrogen) atoms. The molecular weight excluding hydrogens is 165 g/mol. The molecule has 6 nitrogen and oxygen atoms in total. The van der Waals surface area contributed by atoms with Crippen LogP contribution in [0.15, 0.2) is 0 Å². The Balaban J connectivity index is 0. The van der Waals surface area contributed by atoms with Gasteiger partial charge in [0.2, 0.25) is 0 Å². The number of carbonyl (C=O) groups is 2. The SMILES string of the molecule is CCON(C(=O)O)C(=O)O.[Na]. The summed E-state index contributed by atoms with van der Waals surface area (Å²) in [5.74, 6) is 0. The maximum Gasteiger partial charge on any atom is 0.441 e. The molecule has 0 heterocycles. The van der Waals surface area contributed by atoms with Gasteiger partial charge in [0.15, 0.2) is 0 Å². The predicted molar refractivity (Wildman–Crippen MR) is 35.3 cm³/mol. The van der Waals surface area contributed by atoms with Crippen LogP contribution in [-0.4, -0.2) is 63.6 Å². The average molecular weight is 172 g/mol. The topological polar surface area (TPSA) is 87.1 Å². The Kier molecular flexibility index (Phi) is 7.75. The molecule has 0 rings (SSSR count). The van der Waals surface area contributed by atoms with E-state index in [1.54, 1.807) is 0 Å². The summed E-state index contributed by atoms with van der Waals surface area (Å²) in [5.41, 5.74) is 0. The molecule has 0 unspecified atom stereocenters. The van der Waals surface area contributed by atoms with Crippen LogP contribution in [0.1, 0.15) is 6.92 Å². The Morgan fingerprint density at radius 1 is 1.36 bits per heavy atom. The van der Waals surface area contributed by atoms with E-state index < -0.39 is 12.2 Å². The molecule has 0 aliphatic carbocycles.